The molecule has 16 heavy (non-hydrogen) atoms. The average molecular weight is 222 g/mol. The van der Waals surface area contributed by atoms with Crippen molar-refractivity contribution in [1.82, 2.24) is 10.2 Å². The van der Waals surface area contributed by atoms with E-state index in [0.717, 1.165) is 39.0 Å². The molecule has 2 rings (SSSR count). The fraction of sp³-hybridized carbons (Fsp3) is 0.769. The van der Waals surface area contributed by atoms with Gasteiger partial charge in [0.05, 0.1) is 0 Å². The van der Waals surface area contributed by atoms with Crippen LogP contribution in [-0.4, -0.2) is 37.0 Å². The summed E-state index contributed by atoms with van der Waals surface area (Å²) in [6, 6.07) is 0. The van der Waals surface area contributed by atoms with Crippen LogP contribution in [0, 0.1) is 5.92 Å². The van der Waals surface area contributed by atoms with Gasteiger partial charge in [-0.25, -0.2) is 0 Å². The number of carbonyl (C=O) groups excluding carboxylic acids is 1. The summed E-state index contributed by atoms with van der Waals surface area (Å²) in [5, 5.41) is 3.37. The third-order valence-corrected chi connectivity index (χ3v) is 3.65. The van der Waals surface area contributed by atoms with Crippen molar-refractivity contribution < 1.29 is 4.79 Å². The molecule has 2 heterocycles. The Balaban J connectivity index is 1.79. The van der Waals surface area contributed by atoms with Gasteiger partial charge in [-0.3, -0.25) is 4.79 Å². The molecule has 90 valence electrons. The van der Waals surface area contributed by atoms with Crippen LogP contribution in [0.4, 0.5) is 0 Å². The van der Waals surface area contributed by atoms with Crippen molar-refractivity contribution in [2.45, 2.75) is 32.6 Å². The topological polar surface area (TPSA) is 32.3 Å². The summed E-state index contributed by atoms with van der Waals surface area (Å²) in [5.74, 6) is 0.908. The minimum atomic E-state index is 0.345. The molecule has 0 aromatic heterocycles. The number of nitrogens with zero attached hydrogens (tertiary/aromatic N) is 1. The molecular weight excluding hydrogens is 200 g/mol. The number of carbonyl (C=O) groups is 1. The second-order valence-electron chi connectivity index (χ2n) is 5.06. The van der Waals surface area contributed by atoms with Gasteiger partial charge < -0.3 is 10.2 Å². The molecule has 2 aliphatic heterocycles. The maximum absolute atomic E-state index is 12.0. The van der Waals surface area contributed by atoms with E-state index in [4.69, 9.17) is 0 Å². The molecule has 0 aliphatic carbocycles. The van der Waals surface area contributed by atoms with Gasteiger partial charge in [0.15, 0.2) is 0 Å². The number of amides is 1. The molecule has 1 amide bonds. The zero-order valence-electron chi connectivity index (χ0n) is 10.2. The number of piperidine rings is 1. The summed E-state index contributed by atoms with van der Waals surface area (Å²) in [4.78, 5) is 14.0. The molecule has 0 radical (unpaired) electrons. The van der Waals surface area contributed by atoms with Gasteiger partial charge in [-0.2, -0.15) is 0 Å². The molecule has 0 bridgehead atoms. The normalized spacial score (nSPS) is 26.4. The Hall–Kier alpha value is -0.830. The van der Waals surface area contributed by atoms with Crippen LogP contribution in [-0.2, 0) is 4.79 Å². The first kappa shape index (κ1) is 11.6. The Bertz CT molecular complexity index is 280. The molecular formula is C13H22N2O. The van der Waals surface area contributed by atoms with E-state index in [1.807, 2.05) is 4.90 Å². The number of hydrogen-bond acceptors (Lipinski definition) is 2. The number of nitrogens with one attached hydrogen (secondary N) is 1. The van der Waals surface area contributed by atoms with E-state index in [9.17, 15) is 4.79 Å². The van der Waals surface area contributed by atoms with Crippen LogP contribution >= 0.6 is 0 Å². The highest BCUT2D eigenvalue weighted by molar-refractivity contribution is 5.76. The first-order chi connectivity index (χ1) is 7.75. The molecule has 1 N–H and O–H groups in total. The maximum Gasteiger partial charge on any atom is 0.223 e. The summed E-state index contributed by atoms with van der Waals surface area (Å²) in [5.41, 5.74) is 1.42. The van der Waals surface area contributed by atoms with Crippen LogP contribution in [0.1, 0.15) is 32.6 Å². The van der Waals surface area contributed by atoms with Gasteiger partial charge in [0, 0.05) is 19.5 Å². The fourth-order valence-corrected chi connectivity index (χ4v) is 2.47. The van der Waals surface area contributed by atoms with Crippen LogP contribution in [0.5, 0.6) is 0 Å². The number of hydrogen-bond donors (Lipinski definition) is 1. The number of rotatable bonds is 2. The Kier molecular flexibility index (Phi) is 3.99. The van der Waals surface area contributed by atoms with E-state index >= 15 is 0 Å². The van der Waals surface area contributed by atoms with Gasteiger partial charge in [0.25, 0.3) is 0 Å². The van der Waals surface area contributed by atoms with Crippen LogP contribution in [0.3, 0.4) is 0 Å². The highest BCUT2D eigenvalue weighted by Gasteiger charge is 2.21. The van der Waals surface area contributed by atoms with E-state index in [2.05, 4.69) is 18.3 Å². The lowest BCUT2D eigenvalue weighted by atomic mass is 9.95. The lowest BCUT2D eigenvalue weighted by molar-refractivity contribution is -0.132. The standard InChI is InChI=1S/C13H22N2O/c1-11-4-7-15(8-5-11)13(16)9-12-3-2-6-14-10-12/h4,12,14H,2-3,5-10H2,1H3. The summed E-state index contributed by atoms with van der Waals surface area (Å²) in [6.07, 6.45) is 6.40. The van der Waals surface area contributed by atoms with Gasteiger partial charge in [-0.05, 0) is 45.2 Å². The van der Waals surface area contributed by atoms with Crippen LogP contribution < -0.4 is 5.32 Å². The maximum atomic E-state index is 12.0. The Morgan fingerprint density at radius 2 is 2.50 bits per heavy atom. The monoisotopic (exact) mass is 222 g/mol. The molecule has 1 atom stereocenters. The van der Waals surface area contributed by atoms with E-state index in [1.54, 1.807) is 0 Å². The summed E-state index contributed by atoms with van der Waals surface area (Å²) < 4.78 is 0. The molecule has 0 spiro atoms. The molecule has 1 unspecified atom stereocenters. The second kappa shape index (κ2) is 5.48. The molecule has 0 saturated carbocycles. The Labute approximate surface area is 97.9 Å². The Morgan fingerprint density at radius 3 is 3.12 bits per heavy atom. The molecule has 0 aromatic rings. The van der Waals surface area contributed by atoms with Gasteiger partial charge in [-0.1, -0.05) is 11.6 Å². The van der Waals surface area contributed by atoms with E-state index in [0.29, 0.717) is 11.8 Å². The lowest BCUT2D eigenvalue weighted by Crippen LogP contribution is -2.38. The van der Waals surface area contributed by atoms with Crippen molar-refractivity contribution in [2.75, 3.05) is 26.2 Å². The van der Waals surface area contributed by atoms with Crippen LogP contribution in [0.15, 0.2) is 11.6 Å². The van der Waals surface area contributed by atoms with E-state index in [1.165, 1.54) is 18.4 Å². The minimum absolute atomic E-state index is 0.345. The van der Waals surface area contributed by atoms with Crippen molar-refractivity contribution in [3.63, 3.8) is 0 Å². The molecule has 1 fully saturated rings. The smallest absolute Gasteiger partial charge is 0.223 e. The van der Waals surface area contributed by atoms with Crippen molar-refractivity contribution in [3.05, 3.63) is 11.6 Å². The SMILES string of the molecule is CC1=CCN(C(=O)CC2CCCNC2)CC1. The highest BCUT2D eigenvalue weighted by atomic mass is 16.2. The second-order valence-corrected chi connectivity index (χ2v) is 5.06. The fourth-order valence-electron chi connectivity index (χ4n) is 2.47. The zero-order valence-corrected chi connectivity index (χ0v) is 10.2. The van der Waals surface area contributed by atoms with Crippen molar-refractivity contribution in [1.29, 1.82) is 0 Å². The highest BCUT2D eigenvalue weighted by Crippen LogP contribution is 2.17. The molecule has 0 aromatic carbocycles. The third kappa shape index (κ3) is 3.08. The molecule has 3 heteroatoms. The van der Waals surface area contributed by atoms with Gasteiger partial charge in [0.1, 0.15) is 0 Å². The largest absolute Gasteiger partial charge is 0.339 e. The van der Waals surface area contributed by atoms with Crippen LogP contribution in [0.2, 0.25) is 0 Å². The summed E-state index contributed by atoms with van der Waals surface area (Å²) >= 11 is 0. The van der Waals surface area contributed by atoms with E-state index in [-0.39, 0.29) is 0 Å². The quantitative estimate of drug-likeness (QED) is 0.719. The Morgan fingerprint density at radius 1 is 1.62 bits per heavy atom. The van der Waals surface area contributed by atoms with Crippen molar-refractivity contribution in [2.24, 2.45) is 5.92 Å². The first-order valence-electron chi connectivity index (χ1n) is 6.40. The van der Waals surface area contributed by atoms with Gasteiger partial charge in [0.2, 0.25) is 5.91 Å². The van der Waals surface area contributed by atoms with Crippen molar-refractivity contribution in [3.8, 4) is 0 Å². The molecule has 1 saturated heterocycles. The van der Waals surface area contributed by atoms with E-state index < -0.39 is 0 Å². The predicted octanol–water partition coefficient (Wildman–Crippen LogP) is 1.55. The molecule has 3 nitrogen and oxygen atoms in total. The zero-order chi connectivity index (χ0) is 11.4. The third-order valence-electron chi connectivity index (χ3n) is 3.65. The lowest BCUT2D eigenvalue weighted by Gasteiger charge is -2.29. The summed E-state index contributed by atoms with van der Waals surface area (Å²) in [7, 11) is 0. The van der Waals surface area contributed by atoms with Crippen LogP contribution in [0.25, 0.3) is 0 Å². The minimum Gasteiger partial charge on any atom is -0.339 e. The van der Waals surface area contributed by atoms with Gasteiger partial charge >= 0.3 is 0 Å². The average Bonchev–Trinajstić information content (AvgIpc) is 2.31. The first-order valence-corrected chi connectivity index (χ1v) is 6.40. The van der Waals surface area contributed by atoms with Crippen molar-refractivity contribution >= 4 is 5.91 Å². The molecule has 2 aliphatic rings. The summed E-state index contributed by atoms with van der Waals surface area (Å²) in [6.45, 7) is 6.03. The van der Waals surface area contributed by atoms with Gasteiger partial charge in [-0.15, -0.1) is 0 Å². The predicted molar refractivity (Wildman–Crippen MR) is 65.2 cm³/mol.